The van der Waals surface area contributed by atoms with Gasteiger partial charge in [-0.15, -0.1) is 6.58 Å². The van der Waals surface area contributed by atoms with Gasteiger partial charge in [-0.1, -0.05) is 145 Å². The molecule has 4 fully saturated rings. The zero-order valence-corrected chi connectivity index (χ0v) is 58.3. The number of amides is 2. The molecule has 3 saturated carbocycles. The molecule has 15 heteroatoms. The Balaban J connectivity index is 0.000000369. The summed E-state index contributed by atoms with van der Waals surface area (Å²) >= 11 is 0. The smallest absolute Gasteiger partial charge is 0.251 e. The number of carbonyl (C=O) groups excluding carboxylic acids is 3. The van der Waals surface area contributed by atoms with Gasteiger partial charge in [0.05, 0.1) is 30.5 Å². The molecule has 1 saturated heterocycles. The monoisotopic (exact) mass is 1240 g/mol. The fourth-order valence-corrected chi connectivity index (χ4v) is 14.7. The Kier molecular flexibility index (Phi) is 32.8. The highest BCUT2D eigenvalue weighted by Crippen LogP contribution is 2.68. The molecule has 90 heavy (non-hydrogen) atoms. The molecule has 502 valence electrons. The van der Waals surface area contributed by atoms with Crippen LogP contribution in [0.2, 0.25) is 0 Å². The minimum atomic E-state index is -0.326. The van der Waals surface area contributed by atoms with Crippen molar-refractivity contribution in [1.82, 2.24) is 40.8 Å². The summed E-state index contributed by atoms with van der Waals surface area (Å²) in [4.78, 5) is 57.5. The van der Waals surface area contributed by atoms with Crippen LogP contribution >= 0.6 is 0 Å². The second kappa shape index (κ2) is 37.9. The molecule has 0 bridgehead atoms. The van der Waals surface area contributed by atoms with Crippen LogP contribution in [0.3, 0.4) is 0 Å². The van der Waals surface area contributed by atoms with Crippen LogP contribution in [0.15, 0.2) is 102 Å². The Morgan fingerprint density at radius 1 is 0.878 bits per heavy atom. The Hall–Kier alpha value is -6.35. The van der Waals surface area contributed by atoms with Gasteiger partial charge in [-0.3, -0.25) is 14.4 Å². The predicted octanol–water partition coefficient (Wildman–Crippen LogP) is 16.3. The summed E-state index contributed by atoms with van der Waals surface area (Å²) in [5, 5.41) is 24.8. The van der Waals surface area contributed by atoms with Crippen LogP contribution in [0.1, 0.15) is 230 Å². The first-order chi connectivity index (χ1) is 42.6. The molecule has 0 spiro atoms. The molecule has 8 unspecified atom stereocenters. The molecule has 5 aliphatic rings. The molecule has 2 aromatic heterocycles. The van der Waals surface area contributed by atoms with E-state index in [4.69, 9.17) is 5.73 Å². The summed E-state index contributed by atoms with van der Waals surface area (Å²) in [7, 11) is 3.67. The number of unbranched alkanes of at least 4 members (excludes halogenated alkanes) is 4. The molecule has 1 aliphatic heterocycles. The third-order valence-electron chi connectivity index (χ3n) is 19.4. The lowest BCUT2D eigenvalue weighted by Gasteiger charge is -2.59. The second-order valence-corrected chi connectivity index (χ2v) is 25.6. The van der Waals surface area contributed by atoms with Crippen LogP contribution in [0.25, 0.3) is 11.2 Å². The molecule has 1 aromatic carbocycles. The maximum Gasteiger partial charge on any atom is 0.251 e. The van der Waals surface area contributed by atoms with Gasteiger partial charge in [0, 0.05) is 85.4 Å². The molecule has 2 amide bonds. The highest BCUT2D eigenvalue weighted by atomic mass is 16.3. The number of nitrogen functional groups attached to an aromatic ring is 1. The fraction of sp³-hybridized carbons (Fsp3) is 0.640. The van der Waals surface area contributed by atoms with Crippen molar-refractivity contribution in [1.29, 1.82) is 0 Å². The number of aromatic nitrogens is 4. The van der Waals surface area contributed by atoms with Crippen LogP contribution < -0.4 is 31.9 Å². The van der Waals surface area contributed by atoms with Crippen molar-refractivity contribution in [3.8, 4) is 0 Å². The van der Waals surface area contributed by atoms with Crippen molar-refractivity contribution in [2.75, 3.05) is 49.7 Å². The first kappa shape index (κ1) is 77.9. The Bertz CT molecular complexity index is 2910. The largest absolute Gasteiger partial charge is 0.393 e. The number of likely N-dealkylation sites (tertiary alicyclic amines) is 1. The summed E-state index contributed by atoms with van der Waals surface area (Å²) in [6.07, 6.45) is 27.2. The van der Waals surface area contributed by atoms with Gasteiger partial charge < -0.3 is 41.9 Å². The van der Waals surface area contributed by atoms with E-state index < -0.39 is 0 Å². The summed E-state index contributed by atoms with van der Waals surface area (Å²) in [6.45, 7) is 43.4. The number of rotatable bonds is 26. The third kappa shape index (κ3) is 19.8. The number of aliphatic hydroxyl groups is 1. The average molecular weight is 1240 g/mol. The first-order valence-corrected chi connectivity index (χ1v) is 34.3. The van der Waals surface area contributed by atoms with Gasteiger partial charge >= 0.3 is 0 Å². The molecule has 7 N–H and O–H groups in total. The van der Waals surface area contributed by atoms with Crippen LogP contribution in [0.4, 0.5) is 17.5 Å². The minimum Gasteiger partial charge on any atom is -0.393 e. The topological polar surface area (TPSA) is 204 Å². The van der Waals surface area contributed by atoms with E-state index in [1.807, 2.05) is 81.8 Å². The van der Waals surface area contributed by atoms with E-state index in [0.717, 1.165) is 88.0 Å². The maximum atomic E-state index is 12.4. The summed E-state index contributed by atoms with van der Waals surface area (Å²) in [6, 6.07) is 7.85. The third-order valence-corrected chi connectivity index (χ3v) is 19.4. The van der Waals surface area contributed by atoms with Crippen LogP contribution in [-0.4, -0.2) is 93.4 Å². The van der Waals surface area contributed by atoms with Gasteiger partial charge in [-0.2, -0.15) is 9.97 Å². The van der Waals surface area contributed by atoms with Crippen LogP contribution in [0.5, 0.6) is 0 Å². The zero-order chi connectivity index (χ0) is 66.2. The number of nitrogens with two attached hydrogens (primary N) is 1. The summed E-state index contributed by atoms with van der Waals surface area (Å²) in [5.74, 6) is 3.67. The van der Waals surface area contributed by atoms with Crippen molar-refractivity contribution in [3.63, 3.8) is 0 Å². The molecule has 3 aromatic rings. The highest BCUT2D eigenvalue weighted by Gasteiger charge is 2.63. The quantitative estimate of drug-likeness (QED) is 0.0252. The number of aliphatic hydroxyl groups excluding tert-OH is 1. The highest BCUT2D eigenvalue weighted by molar-refractivity contribution is 6.01. The number of fused-ring (bicyclic) bond motifs is 6. The lowest BCUT2D eigenvalue weighted by molar-refractivity contribution is -0.149. The van der Waals surface area contributed by atoms with Gasteiger partial charge in [0.25, 0.3) is 5.91 Å². The lowest BCUT2D eigenvalue weighted by atomic mass is 9.46. The van der Waals surface area contributed by atoms with E-state index in [9.17, 15) is 19.5 Å². The SMILES string of the molecule is C.C=C(C)CCCCCCCN/C(=C/CC)[C@H]1[C@H](C)CC2C3CCC4=CC(=O)C=CC4(C)C3C(O)CC21C.C=C(CCCNC(=O)c1ccc(N(C)Cc2cnc3nc(NC)nc(N)c3n2)cc1)NCCC.CC.CC.CCC(CC)=C(C)N1C(=O)C(C)C1C. The van der Waals surface area contributed by atoms with Gasteiger partial charge in [0.15, 0.2) is 22.8 Å². The Morgan fingerprint density at radius 2 is 1.53 bits per heavy atom. The van der Waals surface area contributed by atoms with Crippen molar-refractivity contribution in [2.45, 2.75) is 233 Å². The average Bonchev–Trinajstić information content (AvgIpc) is 1.39. The standard InChI is InChI=1S/C34H53NO2.C24H33N9O.C12H21NO.2C2H6.CH4/c1-7-13-29(35-19-12-10-8-9-11-14-23(2)3)31-24(4)20-28-27-16-15-25-21-26(36)17-18-33(25,5)32(27)30(37)22-34(28,31)6;1-5-12-27-16(2)7-6-13-28-23(34)17-8-10-19(11-9-17)33(4)15-18-14-29-22-20(30-18)21(25)31-24(26-3)32-22;1-6-11(7-2)10(5)13-9(4)8(3)12(13)14;2*1-2;/h13,17-18,21,24,27-28,30-32,35,37H,2,7-12,14-16,19-20,22H2,1,3-6H3;8-11,14,27H,2,5-7,12-13,15H2,1,3-4H3,(H,28,34)(H3,25,26,29,31,32);8-9H,6-7H2,1-5H3;2*1-2H3;1H4/b29-13+;;;;;/t24-,27?,28?,30?,31-,32?,33?,34?;;;;;/m1...../s1. The molecule has 15 nitrogen and oxygen atoms in total. The minimum absolute atomic E-state index is 0. The molecule has 8 rings (SSSR count). The molecule has 0 radical (unpaired) electrons. The predicted molar refractivity (Wildman–Crippen MR) is 380 cm³/mol. The number of benzene rings is 1. The van der Waals surface area contributed by atoms with E-state index in [2.05, 4.69) is 136 Å². The Labute approximate surface area is 545 Å². The van der Waals surface area contributed by atoms with Gasteiger partial charge in [-0.05, 0) is 164 Å². The molecule has 10 atom stereocenters. The van der Waals surface area contributed by atoms with E-state index in [0.29, 0.717) is 65.5 Å². The Morgan fingerprint density at radius 3 is 2.16 bits per heavy atom. The number of hydrogen-bond donors (Lipinski definition) is 6. The molecular formula is C75H123N11O4. The van der Waals surface area contributed by atoms with Crippen molar-refractivity contribution in [3.05, 3.63) is 113 Å². The van der Waals surface area contributed by atoms with E-state index in [-0.39, 0.29) is 59.6 Å². The second-order valence-electron chi connectivity index (χ2n) is 25.6. The van der Waals surface area contributed by atoms with Gasteiger partial charge in [0.2, 0.25) is 11.9 Å². The van der Waals surface area contributed by atoms with Gasteiger partial charge in [-0.25, -0.2) is 9.97 Å². The van der Waals surface area contributed by atoms with Crippen molar-refractivity contribution in [2.24, 2.45) is 46.3 Å². The normalized spacial score (nSPS) is 24.3. The number of hydrogen-bond acceptors (Lipinski definition) is 13. The number of allylic oxidation sites excluding steroid dienone is 10. The van der Waals surface area contributed by atoms with E-state index in [1.54, 1.807) is 19.3 Å². The number of β-lactam (4-membered cyclic amide) rings is 1. The van der Waals surface area contributed by atoms with Crippen molar-refractivity contribution < 1.29 is 19.5 Å². The summed E-state index contributed by atoms with van der Waals surface area (Å²) in [5.41, 5.74) is 16.8. The van der Waals surface area contributed by atoms with Gasteiger partial charge in [0.1, 0.15) is 0 Å². The first-order valence-electron chi connectivity index (χ1n) is 34.3. The maximum absolute atomic E-state index is 12.4. The number of nitrogens with one attached hydrogen (secondary N) is 4. The number of nitrogens with zero attached hydrogens (tertiary/aromatic N) is 6. The molecule has 4 aliphatic carbocycles. The zero-order valence-electron chi connectivity index (χ0n) is 58.3. The number of carbonyl (C=O) groups is 3. The van der Waals surface area contributed by atoms with E-state index >= 15 is 0 Å². The number of ketones is 1. The van der Waals surface area contributed by atoms with Crippen molar-refractivity contribution >= 4 is 46.2 Å². The summed E-state index contributed by atoms with van der Waals surface area (Å²) < 4.78 is 0. The van der Waals surface area contributed by atoms with Crippen LogP contribution in [-0.2, 0) is 16.1 Å². The van der Waals surface area contributed by atoms with Crippen LogP contribution in [0, 0.1) is 46.3 Å². The molecule has 3 heterocycles. The lowest BCUT2D eigenvalue weighted by Crippen LogP contribution is -2.57. The number of anilines is 3. The van der Waals surface area contributed by atoms with E-state index in [1.165, 1.54) is 73.1 Å². The fourth-order valence-electron chi connectivity index (χ4n) is 14.7. The molecular weight excluding hydrogens is 1120 g/mol.